The zero-order chi connectivity index (χ0) is 31.2. The molecule has 1 aromatic heterocycles. The summed E-state index contributed by atoms with van der Waals surface area (Å²) >= 11 is 0. The molecule has 3 nitrogen and oxygen atoms in total. The van der Waals surface area contributed by atoms with Gasteiger partial charge in [-0.1, -0.05) is 97.1 Å². The van der Waals surface area contributed by atoms with Crippen molar-refractivity contribution < 1.29 is 9.31 Å². The van der Waals surface area contributed by atoms with Crippen molar-refractivity contribution >= 4 is 66.7 Å². The smallest absolute Gasteiger partial charge is 0.399 e. The predicted octanol–water partition coefficient (Wildman–Crippen LogP) is 10.2. The lowest BCUT2D eigenvalue weighted by Gasteiger charge is -2.32. The molecule has 1 saturated heterocycles. The molecule has 222 valence electrons. The highest BCUT2D eigenvalue weighted by Crippen LogP contribution is 2.41. The lowest BCUT2D eigenvalue weighted by atomic mass is 9.74. The molecule has 0 radical (unpaired) electrons. The minimum Gasteiger partial charge on any atom is -0.399 e. The summed E-state index contributed by atoms with van der Waals surface area (Å²) in [6.07, 6.45) is 0. The first-order chi connectivity index (χ1) is 22.3. The topological polar surface area (TPSA) is 23.4 Å². The lowest BCUT2D eigenvalue weighted by molar-refractivity contribution is 0.00578. The fourth-order valence-electron chi connectivity index (χ4n) is 7.39. The van der Waals surface area contributed by atoms with Crippen molar-refractivity contribution in [2.45, 2.75) is 38.9 Å². The van der Waals surface area contributed by atoms with E-state index in [0.29, 0.717) is 0 Å². The molecule has 0 unspecified atom stereocenters. The molecule has 0 spiro atoms. The maximum absolute atomic E-state index is 6.57. The monoisotopic (exact) mass is 595 g/mol. The number of benzene rings is 7. The van der Waals surface area contributed by atoms with Gasteiger partial charge >= 0.3 is 7.12 Å². The Balaban J connectivity index is 1.25. The van der Waals surface area contributed by atoms with Gasteiger partial charge in [0.15, 0.2) is 0 Å². The third kappa shape index (κ3) is 3.94. The van der Waals surface area contributed by atoms with Crippen LogP contribution in [-0.4, -0.2) is 22.9 Å². The second-order valence-corrected chi connectivity index (χ2v) is 13.6. The van der Waals surface area contributed by atoms with Gasteiger partial charge in [-0.15, -0.1) is 0 Å². The first-order valence-electron chi connectivity index (χ1n) is 16.1. The number of nitrogens with zero attached hydrogens (tertiary/aromatic N) is 1. The molecule has 46 heavy (non-hydrogen) atoms. The molecule has 1 aliphatic heterocycles. The molecule has 2 heterocycles. The highest BCUT2D eigenvalue weighted by Gasteiger charge is 2.52. The van der Waals surface area contributed by atoms with E-state index < -0.39 is 18.3 Å². The zero-order valence-electron chi connectivity index (χ0n) is 26.5. The van der Waals surface area contributed by atoms with Gasteiger partial charge in [0.2, 0.25) is 0 Å². The Morgan fingerprint density at radius 2 is 1.00 bits per heavy atom. The Hall–Kier alpha value is -4.90. The van der Waals surface area contributed by atoms with Crippen molar-refractivity contribution in [3.8, 4) is 16.8 Å². The molecule has 0 bridgehead atoms. The van der Waals surface area contributed by atoms with Gasteiger partial charge in [0.1, 0.15) is 0 Å². The van der Waals surface area contributed by atoms with E-state index in [-0.39, 0.29) is 0 Å². The minimum absolute atomic E-state index is 0.407. The van der Waals surface area contributed by atoms with Gasteiger partial charge in [-0.05, 0) is 113 Å². The Morgan fingerprint density at radius 1 is 0.457 bits per heavy atom. The third-order valence-electron chi connectivity index (χ3n) is 10.4. The summed E-state index contributed by atoms with van der Waals surface area (Å²) in [4.78, 5) is 0. The maximum Gasteiger partial charge on any atom is 0.495 e. The second-order valence-electron chi connectivity index (χ2n) is 13.6. The Morgan fingerprint density at radius 3 is 1.74 bits per heavy atom. The average Bonchev–Trinajstić information content (AvgIpc) is 3.53. The van der Waals surface area contributed by atoms with Crippen LogP contribution < -0.4 is 5.46 Å². The van der Waals surface area contributed by atoms with Crippen LogP contribution in [0.3, 0.4) is 0 Å². The summed E-state index contributed by atoms with van der Waals surface area (Å²) in [7, 11) is -0.432. The van der Waals surface area contributed by atoms with Crippen LogP contribution in [0, 0.1) is 0 Å². The summed E-state index contributed by atoms with van der Waals surface area (Å²) in [5.74, 6) is 0. The first-order valence-corrected chi connectivity index (χ1v) is 16.1. The van der Waals surface area contributed by atoms with Crippen LogP contribution in [0.5, 0.6) is 0 Å². The molecule has 0 N–H and O–H groups in total. The van der Waals surface area contributed by atoms with Crippen molar-refractivity contribution in [3.63, 3.8) is 0 Å². The van der Waals surface area contributed by atoms with E-state index >= 15 is 0 Å². The Kier molecular flexibility index (Phi) is 5.84. The van der Waals surface area contributed by atoms with Crippen molar-refractivity contribution in [1.82, 2.24) is 4.57 Å². The number of para-hydroxylation sites is 2. The Labute approximate surface area is 269 Å². The first kappa shape index (κ1) is 27.4. The fourth-order valence-corrected chi connectivity index (χ4v) is 7.39. The number of hydrogen-bond donors (Lipinski definition) is 0. The molecule has 0 atom stereocenters. The van der Waals surface area contributed by atoms with Crippen LogP contribution >= 0.6 is 0 Å². The van der Waals surface area contributed by atoms with E-state index in [2.05, 4.69) is 166 Å². The van der Waals surface area contributed by atoms with E-state index in [1.54, 1.807) is 0 Å². The predicted molar refractivity (Wildman–Crippen MR) is 194 cm³/mol. The van der Waals surface area contributed by atoms with Crippen molar-refractivity contribution in [2.75, 3.05) is 0 Å². The molecule has 1 fully saturated rings. The number of hydrogen-bond acceptors (Lipinski definition) is 2. The van der Waals surface area contributed by atoms with E-state index in [0.717, 1.165) is 5.46 Å². The molecule has 0 amide bonds. The molecule has 7 aromatic carbocycles. The van der Waals surface area contributed by atoms with Crippen molar-refractivity contribution in [2.24, 2.45) is 0 Å². The standard InChI is InChI=1S/C42H34BNO2/c1-41(2)42(3,4)46-43(45-41)37-19-12-18-34-31-23-21-27(25-35(31)30-15-8-9-17-33(30)40(34)37)28-22-24-39-36(26-28)32-16-10-11-20-38(32)44(39)29-13-6-5-7-14-29/h5-26H,1-4H3. The van der Waals surface area contributed by atoms with Crippen LogP contribution in [0.1, 0.15) is 27.7 Å². The minimum atomic E-state index is -0.432. The molecule has 1 aliphatic rings. The quantitative estimate of drug-likeness (QED) is 0.150. The molecule has 9 rings (SSSR count). The SMILES string of the molecule is CC1(C)OB(c2cccc3c4ccc(-c5ccc6c(c5)c5ccccc5n6-c5ccccc5)cc4c4ccccc4c23)OC1(C)C. The number of aromatic nitrogens is 1. The van der Waals surface area contributed by atoms with Crippen LogP contribution in [0.25, 0.3) is 70.9 Å². The van der Waals surface area contributed by atoms with Crippen LogP contribution in [0.2, 0.25) is 0 Å². The van der Waals surface area contributed by atoms with Gasteiger partial charge in [0, 0.05) is 16.5 Å². The van der Waals surface area contributed by atoms with Crippen LogP contribution in [0.4, 0.5) is 0 Å². The summed E-state index contributed by atoms with van der Waals surface area (Å²) in [5, 5.41) is 9.87. The summed E-state index contributed by atoms with van der Waals surface area (Å²) < 4.78 is 15.5. The maximum atomic E-state index is 6.57. The summed E-state index contributed by atoms with van der Waals surface area (Å²) in [6.45, 7) is 8.46. The Bertz CT molecular complexity index is 2450. The normalized spacial score (nSPS) is 16.0. The molecule has 4 heteroatoms. The van der Waals surface area contributed by atoms with E-state index in [9.17, 15) is 0 Å². The molecule has 0 aliphatic carbocycles. The number of fused-ring (bicyclic) bond motifs is 9. The second kappa shape index (κ2) is 9.80. The van der Waals surface area contributed by atoms with Gasteiger partial charge in [-0.3, -0.25) is 0 Å². The van der Waals surface area contributed by atoms with Crippen LogP contribution in [0.15, 0.2) is 133 Å². The summed E-state index contributed by atoms with van der Waals surface area (Å²) in [6, 6.07) is 48.5. The van der Waals surface area contributed by atoms with E-state index in [4.69, 9.17) is 9.31 Å². The average molecular weight is 596 g/mol. The molecular weight excluding hydrogens is 561 g/mol. The van der Waals surface area contributed by atoms with E-state index in [1.807, 2.05) is 0 Å². The van der Waals surface area contributed by atoms with Gasteiger partial charge in [-0.25, -0.2) is 0 Å². The summed E-state index contributed by atoms with van der Waals surface area (Å²) in [5.41, 5.74) is 6.28. The van der Waals surface area contributed by atoms with Gasteiger partial charge in [0.05, 0.1) is 22.2 Å². The van der Waals surface area contributed by atoms with Gasteiger partial charge < -0.3 is 13.9 Å². The highest BCUT2D eigenvalue weighted by molar-refractivity contribution is 6.66. The van der Waals surface area contributed by atoms with Gasteiger partial charge in [0.25, 0.3) is 0 Å². The van der Waals surface area contributed by atoms with Crippen molar-refractivity contribution in [1.29, 1.82) is 0 Å². The van der Waals surface area contributed by atoms with Crippen LogP contribution in [-0.2, 0) is 9.31 Å². The third-order valence-corrected chi connectivity index (χ3v) is 10.4. The molecule has 8 aromatic rings. The largest absolute Gasteiger partial charge is 0.495 e. The molecule has 0 saturated carbocycles. The van der Waals surface area contributed by atoms with Crippen molar-refractivity contribution in [3.05, 3.63) is 133 Å². The highest BCUT2D eigenvalue weighted by atomic mass is 16.7. The van der Waals surface area contributed by atoms with E-state index in [1.165, 1.54) is 70.9 Å². The molecular formula is C42H34BNO2. The zero-order valence-corrected chi connectivity index (χ0v) is 26.5. The number of rotatable bonds is 3. The lowest BCUT2D eigenvalue weighted by Crippen LogP contribution is -2.41. The van der Waals surface area contributed by atoms with Gasteiger partial charge in [-0.2, -0.15) is 0 Å². The fraction of sp³-hybridized carbons (Fsp3) is 0.143.